The van der Waals surface area contributed by atoms with Crippen LogP contribution >= 0.6 is 0 Å². The number of rotatable bonds is 3. The summed E-state index contributed by atoms with van der Waals surface area (Å²) in [6, 6.07) is 15.5. The summed E-state index contributed by atoms with van der Waals surface area (Å²) in [6.45, 7) is 1.55. The molecule has 5 heteroatoms. The molecule has 0 bridgehead atoms. The Balaban J connectivity index is 1.71. The van der Waals surface area contributed by atoms with Gasteiger partial charge in [-0.3, -0.25) is 0 Å². The molecular formula is C19H22N2O2S. The molecule has 0 spiro atoms. The summed E-state index contributed by atoms with van der Waals surface area (Å²) in [7, 11) is -1.46. The summed E-state index contributed by atoms with van der Waals surface area (Å²) in [4.78, 5) is 2.55. The van der Waals surface area contributed by atoms with Gasteiger partial charge in [-0.05, 0) is 42.5 Å². The van der Waals surface area contributed by atoms with Gasteiger partial charge in [-0.25, -0.2) is 8.42 Å². The van der Waals surface area contributed by atoms with Crippen molar-refractivity contribution in [3.63, 3.8) is 0 Å². The highest BCUT2D eigenvalue weighted by atomic mass is 32.2. The van der Waals surface area contributed by atoms with E-state index in [1.807, 2.05) is 49.5 Å². The molecule has 0 radical (unpaired) electrons. The average Bonchev–Trinajstić information content (AvgIpc) is 3.23. The Labute approximate surface area is 143 Å². The second kappa shape index (κ2) is 5.90. The van der Waals surface area contributed by atoms with E-state index < -0.39 is 10.0 Å². The minimum atomic E-state index is -3.47. The molecule has 0 saturated carbocycles. The van der Waals surface area contributed by atoms with Crippen molar-refractivity contribution in [3.8, 4) is 0 Å². The molecule has 2 aromatic rings. The molecule has 1 fully saturated rings. The van der Waals surface area contributed by atoms with E-state index >= 15 is 0 Å². The van der Waals surface area contributed by atoms with Gasteiger partial charge in [0.15, 0.2) is 0 Å². The van der Waals surface area contributed by atoms with Crippen LogP contribution in [0.5, 0.6) is 0 Å². The highest BCUT2D eigenvalue weighted by Gasteiger charge is 2.36. The fraction of sp³-hybridized carbons (Fsp3) is 0.368. The number of fused-ring (bicyclic) bond motifs is 1. The Morgan fingerprint density at radius 2 is 1.83 bits per heavy atom. The Hall–Kier alpha value is -1.85. The van der Waals surface area contributed by atoms with Gasteiger partial charge in [0.05, 0.1) is 10.9 Å². The van der Waals surface area contributed by atoms with E-state index in [0.29, 0.717) is 11.4 Å². The zero-order valence-electron chi connectivity index (χ0n) is 13.9. The van der Waals surface area contributed by atoms with Crippen LogP contribution in [0.4, 0.5) is 5.69 Å². The molecule has 0 unspecified atom stereocenters. The summed E-state index contributed by atoms with van der Waals surface area (Å²) in [5, 5.41) is 0. The summed E-state index contributed by atoms with van der Waals surface area (Å²) in [5.41, 5.74) is 3.36. The first-order valence-electron chi connectivity index (χ1n) is 8.48. The van der Waals surface area contributed by atoms with Gasteiger partial charge in [-0.2, -0.15) is 4.31 Å². The molecule has 126 valence electrons. The summed E-state index contributed by atoms with van der Waals surface area (Å²) in [5.74, 6) is 0. The smallest absolute Gasteiger partial charge is 0.243 e. The lowest BCUT2D eigenvalue weighted by atomic mass is 10.1. The predicted octanol–water partition coefficient (Wildman–Crippen LogP) is 3.20. The van der Waals surface area contributed by atoms with Gasteiger partial charge in [-0.1, -0.05) is 36.4 Å². The third-order valence-electron chi connectivity index (χ3n) is 5.18. The fourth-order valence-electron chi connectivity index (χ4n) is 3.85. The van der Waals surface area contributed by atoms with Gasteiger partial charge in [-0.15, -0.1) is 0 Å². The van der Waals surface area contributed by atoms with Crippen LogP contribution in [0.15, 0.2) is 53.4 Å². The lowest BCUT2D eigenvalue weighted by Gasteiger charge is -2.25. The molecule has 4 nitrogen and oxygen atoms in total. The first kappa shape index (κ1) is 15.7. The van der Waals surface area contributed by atoms with Gasteiger partial charge in [0.25, 0.3) is 0 Å². The van der Waals surface area contributed by atoms with Crippen LogP contribution in [0, 0.1) is 0 Å². The van der Waals surface area contributed by atoms with E-state index in [-0.39, 0.29) is 6.04 Å². The maximum absolute atomic E-state index is 13.2. The molecule has 1 saturated heterocycles. The Kier molecular flexibility index (Phi) is 3.85. The van der Waals surface area contributed by atoms with Crippen LogP contribution in [0.25, 0.3) is 0 Å². The zero-order valence-corrected chi connectivity index (χ0v) is 14.7. The standard InChI is InChI=1S/C19H22N2O2S/c1-20-13-11-16-9-10-17(14-19(16)20)24(22,23)21-12-5-8-18(21)15-6-3-2-4-7-15/h2-4,6-7,9-10,14,18H,5,8,11-13H2,1H3/t18-/m1/s1. The van der Waals surface area contributed by atoms with Crippen molar-refractivity contribution in [3.05, 3.63) is 59.7 Å². The van der Waals surface area contributed by atoms with E-state index in [9.17, 15) is 8.42 Å². The molecule has 1 atom stereocenters. The number of hydrogen-bond acceptors (Lipinski definition) is 3. The van der Waals surface area contributed by atoms with E-state index in [1.165, 1.54) is 5.56 Å². The van der Waals surface area contributed by atoms with Crippen molar-refractivity contribution in [2.24, 2.45) is 0 Å². The van der Waals surface area contributed by atoms with Crippen LogP contribution < -0.4 is 4.90 Å². The predicted molar refractivity (Wildman–Crippen MR) is 95.7 cm³/mol. The van der Waals surface area contributed by atoms with E-state index in [1.54, 1.807) is 10.4 Å². The maximum Gasteiger partial charge on any atom is 0.243 e. The van der Waals surface area contributed by atoms with E-state index in [4.69, 9.17) is 0 Å². The third-order valence-corrected chi connectivity index (χ3v) is 7.08. The quantitative estimate of drug-likeness (QED) is 0.860. The largest absolute Gasteiger partial charge is 0.374 e. The second-order valence-corrected chi connectivity index (χ2v) is 8.54. The summed E-state index contributed by atoms with van der Waals surface area (Å²) < 4.78 is 28.1. The van der Waals surface area contributed by atoms with Crippen LogP contribution in [0.3, 0.4) is 0 Å². The lowest BCUT2D eigenvalue weighted by molar-refractivity contribution is 0.396. The number of hydrogen-bond donors (Lipinski definition) is 0. The molecule has 0 amide bonds. The van der Waals surface area contributed by atoms with Gasteiger partial charge >= 0.3 is 0 Å². The van der Waals surface area contributed by atoms with Crippen LogP contribution in [-0.4, -0.2) is 32.9 Å². The number of likely N-dealkylation sites (N-methyl/N-ethyl adjacent to an activating group) is 1. The highest BCUT2D eigenvalue weighted by Crippen LogP contribution is 2.38. The van der Waals surface area contributed by atoms with Crippen molar-refractivity contribution in [2.75, 3.05) is 25.0 Å². The van der Waals surface area contributed by atoms with Crippen molar-refractivity contribution in [1.29, 1.82) is 0 Å². The van der Waals surface area contributed by atoms with Crippen molar-refractivity contribution in [1.82, 2.24) is 4.31 Å². The van der Waals surface area contributed by atoms with Gasteiger partial charge < -0.3 is 4.90 Å². The average molecular weight is 342 g/mol. The lowest BCUT2D eigenvalue weighted by Crippen LogP contribution is -2.30. The zero-order chi connectivity index (χ0) is 16.7. The van der Waals surface area contributed by atoms with Crippen molar-refractivity contribution in [2.45, 2.75) is 30.2 Å². The van der Waals surface area contributed by atoms with Crippen LogP contribution in [0.1, 0.15) is 30.0 Å². The number of benzene rings is 2. The maximum atomic E-state index is 13.2. The summed E-state index contributed by atoms with van der Waals surface area (Å²) >= 11 is 0. The molecule has 2 aliphatic heterocycles. The SMILES string of the molecule is CN1CCc2ccc(S(=O)(=O)N3CCC[C@@H]3c3ccccc3)cc21. The second-order valence-electron chi connectivity index (χ2n) is 6.65. The number of anilines is 1. The van der Waals surface area contributed by atoms with Gasteiger partial charge in [0.1, 0.15) is 0 Å². The fourth-order valence-corrected chi connectivity index (χ4v) is 5.55. The Morgan fingerprint density at radius 1 is 1.04 bits per heavy atom. The van der Waals surface area contributed by atoms with Gasteiger partial charge in [0, 0.05) is 25.8 Å². The third kappa shape index (κ3) is 2.52. The molecule has 0 aromatic heterocycles. The highest BCUT2D eigenvalue weighted by molar-refractivity contribution is 7.89. The van der Waals surface area contributed by atoms with E-state index in [0.717, 1.165) is 37.1 Å². The number of nitrogens with zero attached hydrogens (tertiary/aromatic N) is 2. The topological polar surface area (TPSA) is 40.6 Å². The van der Waals surface area contributed by atoms with Crippen molar-refractivity contribution < 1.29 is 8.42 Å². The number of sulfonamides is 1. The molecule has 2 heterocycles. The molecule has 0 aliphatic carbocycles. The van der Waals surface area contributed by atoms with Gasteiger partial charge in [0.2, 0.25) is 10.0 Å². The molecule has 2 aromatic carbocycles. The molecule has 24 heavy (non-hydrogen) atoms. The first-order chi connectivity index (χ1) is 11.6. The monoisotopic (exact) mass is 342 g/mol. The van der Waals surface area contributed by atoms with Crippen LogP contribution in [-0.2, 0) is 16.4 Å². The van der Waals surface area contributed by atoms with Crippen molar-refractivity contribution >= 4 is 15.7 Å². The normalized spacial score (nSPS) is 21.2. The first-order valence-corrected chi connectivity index (χ1v) is 9.92. The Bertz CT molecular complexity index is 849. The molecule has 2 aliphatic rings. The molecule has 0 N–H and O–H groups in total. The summed E-state index contributed by atoms with van der Waals surface area (Å²) in [6.07, 6.45) is 2.78. The minimum Gasteiger partial charge on any atom is -0.374 e. The molecule has 4 rings (SSSR count). The Morgan fingerprint density at radius 3 is 2.62 bits per heavy atom. The van der Waals surface area contributed by atoms with Crippen LogP contribution in [0.2, 0.25) is 0 Å². The molecular weight excluding hydrogens is 320 g/mol. The minimum absolute atomic E-state index is 0.0535. The van der Waals surface area contributed by atoms with E-state index in [2.05, 4.69) is 4.90 Å².